The first-order chi connectivity index (χ1) is 37.6. The summed E-state index contributed by atoms with van der Waals surface area (Å²) in [6, 6.07) is 77.8. The number of nitrogens with zero attached hydrogens (tertiary/aromatic N) is 6. The van der Waals surface area contributed by atoms with Crippen molar-refractivity contribution >= 4 is 125 Å². The summed E-state index contributed by atoms with van der Waals surface area (Å²) in [4.78, 5) is 4.49. The first kappa shape index (κ1) is 45.8. The zero-order chi connectivity index (χ0) is 52.1. The van der Waals surface area contributed by atoms with Gasteiger partial charge in [0.25, 0.3) is 0 Å². The molecule has 14 rings (SSSR count). The second kappa shape index (κ2) is 17.7. The molecule has 0 bridgehead atoms. The van der Waals surface area contributed by atoms with Crippen molar-refractivity contribution in [3.8, 4) is 35.4 Å². The summed E-state index contributed by atoms with van der Waals surface area (Å²) in [7, 11) is 0. The van der Waals surface area contributed by atoms with Crippen LogP contribution in [0.3, 0.4) is 0 Å². The third-order valence-electron chi connectivity index (χ3n) is 15.1. The van der Waals surface area contributed by atoms with Gasteiger partial charge in [0.2, 0.25) is 0 Å². The molecule has 2 aromatic heterocycles. The molecule has 0 N–H and O–H groups in total. The molecular weight excluding hydrogens is 1010 g/mol. The minimum absolute atomic E-state index is 0.0904. The van der Waals surface area contributed by atoms with E-state index < -0.39 is 0 Å². The van der Waals surface area contributed by atoms with Gasteiger partial charge < -0.3 is 0 Å². The number of rotatable bonds is 7. The van der Waals surface area contributed by atoms with E-state index in [1.54, 1.807) is 0 Å². The molecule has 362 valence electrons. The molecule has 10 aromatic carbocycles. The van der Waals surface area contributed by atoms with Gasteiger partial charge in [0.15, 0.2) is 0 Å². The Morgan fingerprint density at radius 1 is 0.494 bits per heavy atom. The van der Waals surface area contributed by atoms with Crippen LogP contribution in [0.25, 0.3) is 49.4 Å². The summed E-state index contributed by atoms with van der Waals surface area (Å²) in [6.45, 7) is 6.42. The van der Waals surface area contributed by atoms with E-state index in [1.807, 2.05) is 97.1 Å². The fraction of sp³-hybridized carbons (Fsp3) is 0.0597. The summed E-state index contributed by atoms with van der Waals surface area (Å²) in [5.41, 5.74) is 16.4. The molecule has 0 saturated carbocycles. The monoisotopic (exact) mass is 1050 g/mol. The van der Waals surface area contributed by atoms with Gasteiger partial charge in [0.1, 0.15) is 0 Å². The number of ether oxygens (including phenoxy) is 1. The molecule has 0 atom stereocenters. The number of hydrogen-bond acceptors (Lipinski definition) is 7. The average Bonchev–Trinajstić information content (AvgIpc) is 4.26. The Hall–Kier alpha value is -9.75. The number of nitriles is 3. The molecule has 77 heavy (non-hydrogen) atoms. The topological polar surface area (TPSA) is 105 Å². The second-order valence-electron chi connectivity index (χ2n) is 20.6. The summed E-state index contributed by atoms with van der Waals surface area (Å²) >= 11 is -0.214. The van der Waals surface area contributed by atoms with Crippen LogP contribution in [0, 0.1) is 34.0 Å². The first-order valence-corrected chi connectivity index (χ1v) is 27.2. The molecule has 2 aliphatic rings. The van der Waals surface area contributed by atoms with Gasteiger partial charge in [0, 0.05) is 0 Å². The molecule has 0 aliphatic carbocycles. The zero-order valence-electron chi connectivity index (χ0n) is 42.1. The molecule has 0 radical (unpaired) electrons. The van der Waals surface area contributed by atoms with E-state index in [9.17, 15) is 15.8 Å². The van der Waals surface area contributed by atoms with Crippen LogP contribution >= 0.6 is 0 Å². The molecule has 8 nitrogen and oxygen atoms in total. The first-order valence-electron chi connectivity index (χ1n) is 25.5. The third-order valence-corrected chi connectivity index (χ3v) is 17.5. The Kier molecular flexibility index (Phi) is 10.5. The predicted molar refractivity (Wildman–Crippen MR) is 313 cm³/mol. The van der Waals surface area contributed by atoms with Crippen molar-refractivity contribution in [2.24, 2.45) is 0 Å². The molecular formula is C67H43BN6O2Se. The number of fused-ring (bicyclic) bond motifs is 11. The van der Waals surface area contributed by atoms with Crippen molar-refractivity contribution in [3.63, 3.8) is 0 Å². The number of hydrogen-bond donors (Lipinski definition) is 0. The van der Waals surface area contributed by atoms with E-state index in [0.717, 1.165) is 100 Å². The van der Waals surface area contributed by atoms with Crippen LogP contribution < -0.4 is 39.8 Å². The van der Waals surface area contributed by atoms with Gasteiger partial charge in [0.05, 0.1) is 6.07 Å². The van der Waals surface area contributed by atoms with Crippen LogP contribution in [-0.4, -0.2) is 26.2 Å². The molecule has 12 aromatic rings. The van der Waals surface area contributed by atoms with Crippen LogP contribution in [0.5, 0.6) is 11.5 Å². The van der Waals surface area contributed by atoms with E-state index in [-0.39, 0.29) is 27.1 Å². The summed E-state index contributed by atoms with van der Waals surface area (Å²) in [5, 5.41) is 33.9. The number of para-hydroxylation sites is 3. The SMILES string of the molecule is CC(C)(C)c1ccc2c(c1)c1cc(C#N)ccc1n2-c1cc2c3c(c1)[Se]c1cc(N(c4ccccc4)c4ccc(C#N)cc4)ccc1B3c1c(cc(N(c3ccccc3)c3ccc(C#N)cc3)c3c1oc1ccccc13)O2. The predicted octanol–water partition coefficient (Wildman–Crippen LogP) is 13.1. The van der Waals surface area contributed by atoms with Crippen LogP contribution in [0.1, 0.15) is 43.0 Å². The Balaban J connectivity index is 1.05. The van der Waals surface area contributed by atoms with Gasteiger partial charge in [-0.3, -0.25) is 0 Å². The maximum absolute atomic E-state index is 10.2. The van der Waals surface area contributed by atoms with Crippen LogP contribution in [-0.2, 0) is 5.41 Å². The van der Waals surface area contributed by atoms with E-state index in [0.29, 0.717) is 22.4 Å². The fourth-order valence-electron chi connectivity index (χ4n) is 11.5. The minimum atomic E-state index is -0.277. The van der Waals surface area contributed by atoms with E-state index in [4.69, 9.17) is 9.15 Å². The van der Waals surface area contributed by atoms with E-state index in [1.165, 1.54) is 19.9 Å². The molecule has 0 fully saturated rings. The van der Waals surface area contributed by atoms with Crippen molar-refractivity contribution in [1.29, 1.82) is 15.8 Å². The number of anilines is 6. The number of aromatic nitrogens is 1. The van der Waals surface area contributed by atoms with E-state index >= 15 is 0 Å². The Labute approximate surface area is 451 Å². The normalized spacial score (nSPS) is 12.3. The van der Waals surface area contributed by atoms with E-state index in [2.05, 4.69) is 163 Å². The van der Waals surface area contributed by atoms with Crippen molar-refractivity contribution in [1.82, 2.24) is 4.57 Å². The van der Waals surface area contributed by atoms with Gasteiger partial charge in [-0.05, 0) is 0 Å². The number of benzene rings is 10. The van der Waals surface area contributed by atoms with Gasteiger partial charge in [-0.25, -0.2) is 0 Å². The van der Waals surface area contributed by atoms with Crippen molar-refractivity contribution in [3.05, 3.63) is 229 Å². The quantitative estimate of drug-likeness (QED) is 0.146. The van der Waals surface area contributed by atoms with Crippen molar-refractivity contribution in [2.75, 3.05) is 9.80 Å². The molecule has 2 aliphatic heterocycles. The summed E-state index contributed by atoms with van der Waals surface area (Å²) in [5.74, 6) is 1.46. The molecule has 10 heteroatoms. The van der Waals surface area contributed by atoms with Gasteiger partial charge in [-0.2, -0.15) is 5.26 Å². The average molecular weight is 1050 g/mol. The van der Waals surface area contributed by atoms with Crippen LogP contribution in [0.2, 0.25) is 0 Å². The van der Waals surface area contributed by atoms with Gasteiger partial charge in [-0.1, -0.05) is 0 Å². The second-order valence-corrected chi connectivity index (χ2v) is 22.9. The Morgan fingerprint density at radius 2 is 1.06 bits per heavy atom. The van der Waals surface area contributed by atoms with Crippen LogP contribution in [0.15, 0.2) is 211 Å². The molecule has 0 saturated heterocycles. The van der Waals surface area contributed by atoms with Crippen molar-refractivity contribution < 1.29 is 9.15 Å². The fourth-order valence-corrected chi connectivity index (χ4v) is 14.1. The van der Waals surface area contributed by atoms with Gasteiger partial charge >= 0.3 is 443 Å². The zero-order valence-corrected chi connectivity index (χ0v) is 43.8. The molecule has 0 amide bonds. The third kappa shape index (κ3) is 7.40. The summed E-state index contributed by atoms with van der Waals surface area (Å²) in [6.07, 6.45) is 0. The number of furan rings is 1. The molecule has 4 heterocycles. The molecule has 0 spiro atoms. The standard InChI is InChI=1S/C67H43BN6O2Se/c1-67(2,3)44-23-31-56-53(33-44)52-32-43(40-71)22-30-55(52)74(56)50-34-59-64-62(36-50)77-61-35-49(72(45-12-6-4-7-13-45)47-24-18-41(38-69)19-25-47)28-29-54(61)68(64)65-60(75-59)37-57(63-51-16-10-11-17-58(51)76-66(63)65)73(46-14-8-5-9-15-46)48-26-20-42(39-70)21-27-48/h4-37H,1-3H3. The van der Waals surface area contributed by atoms with Crippen LogP contribution in [0.4, 0.5) is 34.1 Å². The van der Waals surface area contributed by atoms with Crippen molar-refractivity contribution in [2.45, 2.75) is 26.2 Å². The Morgan fingerprint density at radius 3 is 1.74 bits per heavy atom. The van der Waals surface area contributed by atoms with Gasteiger partial charge in [-0.15, -0.1) is 0 Å². The molecule has 0 unspecified atom stereocenters. The summed E-state index contributed by atoms with van der Waals surface area (Å²) < 4.78 is 19.5. The Bertz CT molecular complexity index is 4520. The maximum atomic E-state index is 10.2.